The van der Waals surface area contributed by atoms with E-state index in [-0.39, 0.29) is 17.6 Å². The summed E-state index contributed by atoms with van der Waals surface area (Å²) in [5, 5.41) is 27.1. The smallest absolute Gasteiger partial charge is 0.229 e. The van der Waals surface area contributed by atoms with Gasteiger partial charge in [0.1, 0.15) is 11.9 Å². The van der Waals surface area contributed by atoms with Gasteiger partial charge in [0.05, 0.1) is 31.0 Å². The van der Waals surface area contributed by atoms with Crippen LogP contribution in [-0.4, -0.2) is 69.1 Å². The maximum Gasteiger partial charge on any atom is 0.229 e. The fourth-order valence-corrected chi connectivity index (χ4v) is 4.98. The van der Waals surface area contributed by atoms with E-state index >= 15 is 0 Å². The Morgan fingerprint density at radius 1 is 1.27 bits per heavy atom. The second-order valence-corrected chi connectivity index (χ2v) is 8.31. The van der Waals surface area contributed by atoms with Crippen molar-refractivity contribution in [2.75, 3.05) is 26.5 Å². The van der Waals surface area contributed by atoms with Crippen molar-refractivity contribution >= 4 is 22.9 Å². The van der Waals surface area contributed by atoms with Crippen LogP contribution in [0.4, 0.5) is 5.82 Å². The molecule has 33 heavy (non-hydrogen) atoms. The summed E-state index contributed by atoms with van der Waals surface area (Å²) in [6, 6.07) is 6.82. The van der Waals surface area contributed by atoms with Crippen molar-refractivity contribution in [1.82, 2.24) is 24.8 Å². The van der Waals surface area contributed by atoms with Gasteiger partial charge in [-0.1, -0.05) is 12.0 Å². The number of anilines is 1. The lowest BCUT2D eigenvalue weighted by Crippen LogP contribution is -2.41. The highest BCUT2D eigenvalue weighted by Gasteiger charge is 2.75. The molecule has 4 N–H and O–H groups in total. The molecule has 2 aliphatic carbocycles. The minimum atomic E-state index is -1.16. The zero-order valence-electron chi connectivity index (χ0n) is 18.4. The highest BCUT2D eigenvalue weighted by Crippen LogP contribution is 2.67. The number of methoxy groups -OCH3 is 1. The van der Waals surface area contributed by atoms with Gasteiger partial charge in [0.25, 0.3) is 0 Å². The molecule has 2 aliphatic rings. The maximum absolute atomic E-state index is 12.5. The average molecular weight is 448 g/mol. The second kappa shape index (κ2) is 7.72. The summed E-state index contributed by atoms with van der Waals surface area (Å²) in [6.45, 7) is 0. The van der Waals surface area contributed by atoms with Gasteiger partial charge in [-0.15, -0.1) is 0 Å². The first kappa shape index (κ1) is 21.2. The van der Waals surface area contributed by atoms with Gasteiger partial charge >= 0.3 is 0 Å². The molecule has 3 aromatic rings. The van der Waals surface area contributed by atoms with Crippen molar-refractivity contribution in [3.63, 3.8) is 0 Å². The third kappa shape index (κ3) is 3.12. The van der Waals surface area contributed by atoms with Gasteiger partial charge in [0.15, 0.2) is 17.0 Å². The summed E-state index contributed by atoms with van der Waals surface area (Å²) in [6.07, 6.45) is -0.236. The van der Waals surface area contributed by atoms with Crippen LogP contribution in [0.2, 0.25) is 0 Å². The summed E-state index contributed by atoms with van der Waals surface area (Å²) in [7, 11) is 4.86. The molecule has 0 bridgehead atoms. The number of hydrogen-bond acceptors (Lipinski definition) is 8. The van der Waals surface area contributed by atoms with E-state index in [9.17, 15) is 15.0 Å². The number of nitrogens with one attached hydrogen (secondary N) is 2. The first-order valence-corrected chi connectivity index (χ1v) is 10.6. The number of rotatable bonds is 4. The van der Waals surface area contributed by atoms with Crippen LogP contribution in [0.3, 0.4) is 0 Å². The first-order valence-electron chi connectivity index (χ1n) is 10.6. The van der Waals surface area contributed by atoms with E-state index in [2.05, 4.69) is 37.4 Å². The van der Waals surface area contributed by atoms with Crippen molar-refractivity contribution < 1.29 is 19.7 Å². The van der Waals surface area contributed by atoms with E-state index in [1.165, 1.54) is 7.05 Å². The summed E-state index contributed by atoms with van der Waals surface area (Å²) < 4.78 is 6.96. The van der Waals surface area contributed by atoms with E-state index in [0.29, 0.717) is 29.2 Å². The molecule has 5 atom stereocenters. The highest BCUT2D eigenvalue weighted by molar-refractivity contribution is 5.88. The summed E-state index contributed by atoms with van der Waals surface area (Å²) in [4.78, 5) is 26.0. The Morgan fingerprint density at radius 2 is 2.09 bits per heavy atom. The van der Waals surface area contributed by atoms with E-state index in [0.717, 1.165) is 5.56 Å². The Morgan fingerprint density at radius 3 is 2.82 bits per heavy atom. The van der Waals surface area contributed by atoms with Gasteiger partial charge in [0.2, 0.25) is 11.7 Å². The lowest BCUT2D eigenvalue weighted by molar-refractivity contribution is -0.132. The molecule has 2 heterocycles. The second-order valence-electron chi connectivity index (χ2n) is 8.31. The Balaban J connectivity index is 1.56. The van der Waals surface area contributed by atoms with Crippen LogP contribution in [0.15, 0.2) is 30.6 Å². The summed E-state index contributed by atoms with van der Waals surface area (Å²) in [5.74, 6) is 7.00. The fraction of sp³-hybridized carbons (Fsp3) is 0.391. The average Bonchev–Trinajstić information content (AvgIpc) is 3.38. The van der Waals surface area contributed by atoms with Gasteiger partial charge in [-0.2, -0.15) is 0 Å². The largest absolute Gasteiger partial charge is 0.497 e. The molecule has 0 saturated heterocycles. The van der Waals surface area contributed by atoms with Crippen molar-refractivity contribution in [3.05, 3.63) is 42.0 Å². The number of nitrogens with zero attached hydrogens (tertiary/aromatic N) is 4. The van der Waals surface area contributed by atoms with Gasteiger partial charge in [-0.3, -0.25) is 4.79 Å². The number of benzene rings is 1. The third-order valence-corrected chi connectivity index (χ3v) is 6.69. The fourth-order valence-electron chi connectivity index (χ4n) is 4.98. The Labute approximate surface area is 190 Å². The number of aliphatic hydroxyl groups is 2. The molecule has 0 aliphatic heterocycles. The predicted molar refractivity (Wildman–Crippen MR) is 120 cm³/mol. The van der Waals surface area contributed by atoms with E-state index < -0.39 is 23.7 Å². The van der Waals surface area contributed by atoms with Crippen LogP contribution in [0.5, 0.6) is 5.75 Å². The standard InChI is InChI=1S/C23H24N6O4/c1-24-20-16-21(28-15(27-20)8-7-12-5-4-6-13(9-12)33-3)29(11-26-16)17-14-10-23(14,22(32)25-2)19(31)18(17)30/h4-6,9,11,14,17-19,30-31H,10H2,1-3H3,(H,25,32)(H,24,27,28)/t14?,17-,18+,19?,23-/m1/s1. The first-order chi connectivity index (χ1) is 15.9. The molecule has 1 aromatic carbocycles. The third-order valence-electron chi connectivity index (χ3n) is 6.69. The molecule has 1 amide bonds. The highest BCUT2D eigenvalue weighted by atomic mass is 16.5. The molecule has 2 saturated carbocycles. The Kier molecular flexibility index (Phi) is 4.96. The molecule has 2 fully saturated rings. The molecule has 0 radical (unpaired) electrons. The van der Waals surface area contributed by atoms with Crippen LogP contribution < -0.4 is 15.4 Å². The molecule has 10 nitrogen and oxygen atoms in total. The number of carbonyl (C=O) groups is 1. The number of aliphatic hydroxyl groups excluding tert-OH is 2. The monoisotopic (exact) mass is 448 g/mol. The molecule has 5 rings (SSSR count). The summed E-state index contributed by atoms with van der Waals surface area (Å²) >= 11 is 0. The van der Waals surface area contributed by atoms with Gasteiger partial charge in [-0.05, 0) is 30.5 Å². The molecular formula is C23H24N6O4. The number of fused-ring (bicyclic) bond motifs is 2. The van der Waals surface area contributed by atoms with Crippen molar-refractivity contribution in [3.8, 4) is 17.6 Å². The predicted octanol–water partition coefficient (Wildman–Crippen LogP) is 0.305. The minimum absolute atomic E-state index is 0.223. The quantitative estimate of drug-likeness (QED) is 0.419. The molecule has 2 aromatic heterocycles. The van der Waals surface area contributed by atoms with Gasteiger partial charge in [0, 0.05) is 25.6 Å². The normalized spacial score (nSPS) is 27.4. The van der Waals surface area contributed by atoms with Crippen LogP contribution >= 0.6 is 0 Å². The van der Waals surface area contributed by atoms with E-state index in [4.69, 9.17) is 4.74 Å². The molecule has 10 heteroatoms. The van der Waals surface area contributed by atoms with Gasteiger partial charge < -0.3 is 30.2 Å². The summed E-state index contributed by atoms with van der Waals surface area (Å²) in [5.41, 5.74) is 0.758. The molecular weight excluding hydrogens is 424 g/mol. The van der Waals surface area contributed by atoms with E-state index in [1.807, 2.05) is 24.3 Å². The molecule has 0 spiro atoms. The number of ether oxygens (including phenoxy) is 1. The number of hydrogen-bond donors (Lipinski definition) is 4. The van der Waals surface area contributed by atoms with Crippen LogP contribution in [0.1, 0.15) is 23.9 Å². The van der Waals surface area contributed by atoms with Crippen LogP contribution in [0, 0.1) is 23.2 Å². The lowest BCUT2D eigenvalue weighted by atomic mass is 9.98. The number of amides is 1. The number of imidazole rings is 1. The topological polar surface area (TPSA) is 134 Å². The van der Waals surface area contributed by atoms with Crippen molar-refractivity contribution in [1.29, 1.82) is 0 Å². The minimum Gasteiger partial charge on any atom is -0.497 e. The lowest BCUT2D eigenvalue weighted by Gasteiger charge is -2.23. The van der Waals surface area contributed by atoms with Crippen molar-refractivity contribution in [2.45, 2.75) is 24.7 Å². The maximum atomic E-state index is 12.5. The number of carbonyl (C=O) groups excluding carboxylic acids is 1. The SMILES string of the molecule is CNC(=O)[C@]12CC1[C@@H](n1cnc3c(NC)nc(C#Cc4cccc(OC)c4)nc31)[C@H](O)C2O. The van der Waals surface area contributed by atoms with Crippen LogP contribution in [0.25, 0.3) is 11.2 Å². The van der Waals surface area contributed by atoms with Gasteiger partial charge in [-0.25, -0.2) is 15.0 Å². The number of aromatic nitrogens is 4. The Hall–Kier alpha value is -3.68. The zero-order chi connectivity index (χ0) is 23.3. The van der Waals surface area contributed by atoms with E-state index in [1.54, 1.807) is 25.1 Å². The molecule has 2 unspecified atom stereocenters. The Bertz CT molecular complexity index is 1310. The molecule has 170 valence electrons. The van der Waals surface area contributed by atoms with Crippen molar-refractivity contribution in [2.24, 2.45) is 11.3 Å². The zero-order valence-corrected chi connectivity index (χ0v) is 18.4. The van der Waals surface area contributed by atoms with Crippen LogP contribution in [-0.2, 0) is 4.79 Å².